The molecular formula is C22H32N6O4. The van der Waals surface area contributed by atoms with Crippen LogP contribution in [0.2, 0.25) is 0 Å². The van der Waals surface area contributed by atoms with Crippen molar-refractivity contribution in [1.29, 1.82) is 0 Å². The fourth-order valence-electron chi connectivity index (χ4n) is 5.35. The van der Waals surface area contributed by atoms with Gasteiger partial charge < -0.3 is 20.9 Å². The fraction of sp³-hybridized carbons (Fsp3) is 0.682. The molecule has 1 atom stereocenters. The maximum Gasteiger partial charge on any atom is 0.271 e. The molecule has 0 saturated carbocycles. The number of rotatable bonds is 3. The zero-order valence-electron chi connectivity index (χ0n) is 18.8. The molecule has 0 aromatic carbocycles. The molecule has 0 bridgehead atoms. The van der Waals surface area contributed by atoms with Gasteiger partial charge in [-0.2, -0.15) is 5.10 Å². The summed E-state index contributed by atoms with van der Waals surface area (Å²) in [6.45, 7) is 7.12. The van der Waals surface area contributed by atoms with E-state index in [1.807, 2.05) is 18.7 Å². The topological polar surface area (TPSA) is 141 Å². The molecule has 32 heavy (non-hydrogen) atoms. The molecule has 3 aliphatic heterocycles. The van der Waals surface area contributed by atoms with E-state index in [9.17, 15) is 19.2 Å². The normalized spacial score (nSPS) is 24.8. The second kappa shape index (κ2) is 8.22. The monoisotopic (exact) mass is 444 g/mol. The molecular weight excluding hydrogens is 412 g/mol. The van der Waals surface area contributed by atoms with Gasteiger partial charge in [0.2, 0.25) is 11.8 Å². The number of carbonyl (C=O) groups excluding carboxylic acids is 4. The van der Waals surface area contributed by atoms with E-state index in [4.69, 9.17) is 5.73 Å². The zero-order chi connectivity index (χ0) is 23.1. The number of amides is 4. The SMILES string of the molecule is CC1(C)CC(=O)NCC1C(=O)N1CCC2(CCN(C(=O)c3cc(C(N)=O)n[nH]3)CC2)CC1. The van der Waals surface area contributed by atoms with E-state index in [0.717, 1.165) is 38.8 Å². The number of H-pyrrole nitrogens is 1. The summed E-state index contributed by atoms with van der Waals surface area (Å²) in [5.41, 5.74) is 5.35. The van der Waals surface area contributed by atoms with E-state index in [-0.39, 0.29) is 45.9 Å². The Morgan fingerprint density at radius 1 is 1.06 bits per heavy atom. The highest BCUT2D eigenvalue weighted by atomic mass is 16.2. The first-order valence-corrected chi connectivity index (χ1v) is 11.3. The summed E-state index contributed by atoms with van der Waals surface area (Å²) in [6.07, 6.45) is 4.01. The Hall–Kier alpha value is -2.91. The average Bonchev–Trinajstić information content (AvgIpc) is 3.24. The first-order valence-electron chi connectivity index (χ1n) is 11.3. The van der Waals surface area contributed by atoms with Crippen molar-refractivity contribution in [1.82, 2.24) is 25.3 Å². The summed E-state index contributed by atoms with van der Waals surface area (Å²) >= 11 is 0. The van der Waals surface area contributed by atoms with Crippen LogP contribution in [-0.4, -0.2) is 76.3 Å². The van der Waals surface area contributed by atoms with Gasteiger partial charge in [-0.05, 0) is 36.5 Å². The van der Waals surface area contributed by atoms with Gasteiger partial charge in [0.05, 0.1) is 5.92 Å². The number of hydrogen-bond donors (Lipinski definition) is 3. The maximum atomic E-state index is 13.2. The van der Waals surface area contributed by atoms with Gasteiger partial charge in [-0.1, -0.05) is 13.8 Å². The standard InChI is InChI=1S/C22H32N6O4/c1-21(2)12-17(29)24-13-14(21)19(31)27-7-3-22(4-8-27)5-9-28(10-6-22)20(32)16-11-15(18(23)30)25-26-16/h11,14H,3-10,12-13H2,1-2H3,(H2,23,30)(H,24,29)(H,25,26). The molecule has 174 valence electrons. The highest BCUT2D eigenvalue weighted by Gasteiger charge is 2.45. The van der Waals surface area contributed by atoms with Gasteiger partial charge in [0.25, 0.3) is 11.8 Å². The number of nitrogens with zero attached hydrogens (tertiary/aromatic N) is 3. The Labute approximate surface area is 187 Å². The van der Waals surface area contributed by atoms with Crippen molar-refractivity contribution < 1.29 is 19.2 Å². The van der Waals surface area contributed by atoms with E-state index >= 15 is 0 Å². The lowest BCUT2D eigenvalue weighted by atomic mass is 9.70. The van der Waals surface area contributed by atoms with Gasteiger partial charge in [0.1, 0.15) is 5.69 Å². The Morgan fingerprint density at radius 2 is 1.66 bits per heavy atom. The van der Waals surface area contributed by atoms with Crippen LogP contribution in [0.4, 0.5) is 0 Å². The molecule has 3 aliphatic rings. The van der Waals surface area contributed by atoms with Crippen LogP contribution in [0.3, 0.4) is 0 Å². The molecule has 1 spiro atoms. The Morgan fingerprint density at radius 3 is 2.19 bits per heavy atom. The molecule has 10 heteroatoms. The molecule has 1 unspecified atom stereocenters. The van der Waals surface area contributed by atoms with Gasteiger partial charge in [0, 0.05) is 45.2 Å². The van der Waals surface area contributed by atoms with E-state index < -0.39 is 5.91 Å². The summed E-state index contributed by atoms with van der Waals surface area (Å²) in [4.78, 5) is 52.6. The lowest BCUT2D eigenvalue weighted by Gasteiger charge is -2.48. The lowest BCUT2D eigenvalue weighted by molar-refractivity contribution is -0.145. The quantitative estimate of drug-likeness (QED) is 0.623. The minimum absolute atomic E-state index is 0.0129. The Bertz CT molecular complexity index is 921. The molecule has 3 fully saturated rings. The third-order valence-electron chi connectivity index (χ3n) is 7.67. The van der Waals surface area contributed by atoms with Crippen molar-refractivity contribution in [3.05, 3.63) is 17.5 Å². The number of nitrogens with one attached hydrogen (secondary N) is 2. The van der Waals surface area contributed by atoms with E-state index in [1.165, 1.54) is 6.07 Å². The second-order valence-electron chi connectivity index (χ2n) is 10.2. The summed E-state index contributed by atoms with van der Waals surface area (Å²) in [5.74, 6) is -0.874. The van der Waals surface area contributed by atoms with E-state index in [0.29, 0.717) is 26.1 Å². The van der Waals surface area contributed by atoms with Crippen LogP contribution in [0, 0.1) is 16.7 Å². The van der Waals surface area contributed by atoms with Crippen molar-refractivity contribution in [3.63, 3.8) is 0 Å². The third-order valence-corrected chi connectivity index (χ3v) is 7.67. The molecule has 4 amide bonds. The molecule has 1 aromatic heterocycles. The number of primary amides is 1. The fourth-order valence-corrected chi connectivity index (χ4v) is 5.35. The Balaban J connectivity index is 1.31. The lowest BCUT2D eigenvalue weighted by Crippen LogP contribution is -2.55. The highest BCUT2D eigenvalue weighted by Crippen LogP contribution is 2.43. The largest absolute Gasteiger partial charge is 0.364 e. The molecule has 4 N–H and O–H groups in total. The van der Waals surface area contributed by atoms with Crippen LogP contribution >= 0.6 is 0 Å². The van der Waals surface area contributed by atoms with Crippen LogP contribution < -0.4 is 11.1 Å². The first kappa shape index (κ1) is 22.3. The number of hydrogen-bond acceptors (Lipinski definition) is 5. The van der Waals surface area contributed by atoms with Gasteiger partial charge in [-0.15, -0.1) is 0 Å². The molecule has 0 radical (unpaired) electrons. The zero-order valence-corrected chi connectivity index (χ0v) is 18.8. The van der Waals surface area contributed by atoms with E-state index in [2.05, 4.69) is 15.5 Å². The second-order valence-corrected chi connectivity index (χ2v) is 10.2. The van der Waals surface area contributed by atoms with E-state index in [1.54, 1.807) is 4.90 Å². The van der Waals surface area contributed by atoms with Crippen LogP contribution in [0.25, 0.3) is 0 Å². The van der Waals surface area contributed by atoms with Gasteiger partial charge in [-0.3, -0.25) is 24.3 Å². The van der Waals surface area contributed by atoms with Crippen LogP contribution in [-0.2, 0) is 9.59 Å². The summed E-state index contributed by atoms with van der Waals surface area (Å²) in [7, 11) is 0. The summed E-state index contributed by atoms with van der Waals surface area (Å²) < 4.78 is 0. The smallest absolute Gasteiger partial charge is 0.271 e. The first-order chi connectivity index (χ1) is 15.1. The van der Waals surface area contributed by atoms with Gasteiger partial charge in [-0.25, -0.2) is 0 Å². The van der Waals surface area contributed by atoms with Crippen molar-refractivity contribution in [2.75, 3.05) is 32.7 Å². The average molecular weight is 445 g/mol. The third kappa shape index (κ3) is 4.22. The van der Waals surface area contributed by atoms with Gasteiger partial charge >= 0.3 is 0 Å². The summed E-state index contributed by atoms with van der Waals surface area (Å²) in [5, 5.41) is 9.23. The number of nitrogens with two attached hydrogens (primary N) is 1. The molecule has 0 aliphatic carbocycles. The number of carbonyl (C=O) groups is 4. The molecule has 3 saturated heterocycles. The molecule has 10 nitrogen and oxygen atoms in total. The van der Waals surface area contributed by atoms with Crippen molar-refractivity contribution in [2.24, 2.45) is 22.5 Å². The number of aromatic amines is 1. The van der Waals surface area contributed by atoms with Crippen LogP contribution in [0.5, 0.6) is 0 Å². The van der Waals surface area contributed by atoms with Gasteiger partial charge in [0.15, 0.2) is 5.69 Å². The number of aromatic nitrogens is 2. The summed E-state index contributed by atoms with van der Waals surface area (Å²) in [6, 6.07) is 1.40. The van der Waals surface area contributed by atoms with Crippen molar-refractivity contribution >= 4 is 23.6 Å². The Kier molecular flexibility index (Phi) is 5.72. The predicted octanol–water partition coefficient (Wildman–Crippen LogP) is 0.516. The highest BCUT2D eigenvalue weighted by molar-refractivity contribution is 5.97. The minimum Gasteiger partial charge on any atom is -0.364 e. The molecule has 4 heterocycles. The minimum atomic E-state index is -0.668. The molecule has 1 aromatic rings. The maximum absolute atomic E-state index is 13.2. The van der Waals surface area contributed by atoms with Crippen molar-refractivity contribution in [3.8, 4) is 0 Å². The predicted molar refractivity (Wildman–Crippen MR) is 115 cm³/mol. The molecule has 4 rings (SSSR count). The van der Waals surface area contributed by atoms with Crippen LogP contribution in [0.15, 0.2) is 6.07 Å². The van der Waals surface area contributed by atoms with Crippen LogP contribution in [0.1, 0.15) is 66.9 Å². The van der Waals surface area contributed by atoms with Crippen molar-refractivity contribution in [2.45, 2.75) is 46.0 Å². The number of likely N-dealkylation sites (tertiary alicyclic amines) is 2. The number of piperidine rings is 3.